The van der Waals surface area contributed by atoms with Crippen molar-refractivity contribution in [1.82, 2.24) is 0 Å². The molecule has 12 nitrogen and oxygen atoms in total. The number of hydrogen-bond donors (Lipinski definition) is 0. The van der Waals surface area contributed by atoms with Crippen molar-refractivity contribution in [3.8, 4) is 0 Å². The highest BCUT2D eigenvalue weighted by Gasteiger charge is 2.54. The molecule has 0 radical (unpaired) electrons. The molecule has 0 aliphatic carbocycles. The zero-order valence-corrected chi connectivity index (χ0v) is 30.0. The Bertz CT molecular complexity index is 1540. The third-order valence-electron chi connectivity index (χ3n) is 9.12. The van der Waals surface area contributed by atoms with Gasteiger partial charge in [-0.15, -0.1) is 0 Å². The molecule has 8 atom stereocenters. The summed E-state index contributed by atoms with van der Waals surface area (Å²) in [5.41, 5.74) is 1.43. The van der Waals surface area contributed by atoms with Crippen LogP contribution in [0.4, 0.5) is 0 Å². The molecule has 278 valence electrons. The van der Waals surface area contributed by atoms with E-state index in [0.717, 1.165) is 16.7 Å². The van der Waals surface area contributed by atoms with Gasteiger partial charge in [0.2, 0.25) is 6.29 Å². The molecule has 0 aromatic heterocycles. The Balaban J connectivity index is 1.49. The summed E-state index contributed by atoms with van der Waals surface area (Å²) in [6.07, 6.45) is -6.35. The highest BCUT2D eigenvalue weighted by Crippen LogP contribution is 2.42. The van der Waals surface area contributed by atoms with Crippen molar-refractivity contribution in [3.05, 3.63) is 108 Å². The topological polar surface area (TPSA) is 142 Å². The average Bonchev–Trinajstić information content (AvgIpc) is 3.28. The zero-order chi connectivity index (χ0) is 37.3. The molecule has 2 aliphatic rings. The monoisotopic (exact) mass is 718 g/mol. The predicted molar refractivity (Wildman–Crippen MR) is 185 cm³/mol. The first-order valence-corrected chi connectivity index (χ1v) is 17.4. The van der Waals surface area contributed by atoms with Gasteiger partial charge in [-0.25, -0.2) is 0 Å². The Morgan fingerprint density at radius 3 is 1.73 bits per heavy atom. The molecule has 3 aromatic carbocycles. The lowest BCUT2D eigenvalue weighted by Gasteiger charge is -2.47. The number of cyclic esters (lactones) is 1. The van der Waals surface area contributed by atoms with Crippen molar-refractivity contribution in [2.75, 3.05) is 19.8 Å². The third kappa shape index (κ3) is 9.05. The van der Waals surface area contributed by atoms with Crippen LogP contribution in [-0.2, 0) is 62.7 Å². The summed E-state index contributed by atoms with van der Waals surface area (Å²) in [6, 6.07) is 29.3. The van der Waals surface area contributed by atoms with Crippen LogP contribution >= 0.6 is 0 Å². The van der Waals surface area contributed by atoms with Crippen LogP contribution < -0.4 is 0 Å². The van der Waals surface area contributed by atoms with E-state index < -0.39 is 78.3 Å². The summed E-state index contributed by atoms with van der Waals surface area (Å²) in [4.78, 5) is 50.1. The second-order valence-electron chi connectivity index (χ2n) is 12.8. The van der Waals surface area contributed by atoms with Gasteiger partial charge in [-0.3, -0.25) is 19.2 Å². The number of carbonyl (C=O) groups is 4. The molecule has 5 rings (SSSR count). The zero-order valence-electron chi connectivity index (χ0n) is 30.0. The van der Waals surface area contributed by atoms with Crippen LogP contribution in [0.15, 0.2) is 91.0 Å². The van der Waals surface area contributed by atoms with Gasteiger partial charge in [0.25, 0.3) is 0 Å². The van der Waals surface area contributed by atoms with E-state index in [2.05, 4.69) is 0 Å². The number of ether oxygens (including phenoxy) is 8. The summed E-state index contributed by atoms with van der Waals surface area (Å²) < 4.78 is 48.4. The lowest BCUT2D eigenvalue weighted by atomic mass is 9.79. The van der Waals surface area contributed by atoms with Crippen molar-refractivity contribution in [2.45, 2.75) is 83.6 Å². The molecule has 2 saturated heterocycles. The highest BCUT2D eigenvalue weighted by molar-refractivity contribution is 5.70. The maximum atomic E-state index is 13.6. The molecule has 0 bridgehead atoms. The molecule has 2 aliphatic heterocycles. The van der Waals surface area contributed by atoms with E-state index >= 15 is 0 Å². The van der Waals surface area contributed by atoms with Gasteiger partial charge in [0.15, 0.2) is 12.4 Å². The van der Waals surface area contributed by atoms with Gasteiger partial charge in [0.1, 0.15) is 24.9 Å². The second kappa shape index (κ2) is 17.7. The van der Waals surface area contributed by atoms with Crippen molar-refractivity contribution < 1.29 is 57.1 Å². The van der Waals surface area contributed by atoms with E-state index in [-0.39, 0.29) is 26.2 Å². The number of rotatable bonds is 13. The first-order chi connectivity index (χ1) is 25.0. The Morgan fingerprint density at radius 2 is 1.25 bits per heavy atom. The Hall–Kier alpha value is -4.62. The molecule has 0 N–H and O–H groups in total. The number of esters is 4. The molecule has 3 aromatic rings. The van der Waals surface area contributed by atoms with Gasteiger partial charge in [0.05, 0.1) is 24.5 Å². The molecule has 0 spiro atoms. The minimum Gasteiger partial charge on any atom is -0.465 e. The molecule has 0 amide bonds. The second-order valence-corrected chi connectivity index (χ2v) is 12.8. The van der Waals surface area contributed by atoms with Crippen LogP contribution in [0, 0.1) is 11.8 Å². The minimum atomic E-state index is -1.21. The van der Waals surface area contributed by atoms with Gasteiger partial charge >= 0.3 is 23.9 Å². The van der Waals surface area contributed by atoms with E-state index in [9.17, 15) is 19.2 Å². The number of carbonyl (C=O) groups excluding carboxylic acids is 4. The fraction of sp³-hybridized carbons (Fsp3) is 0.450. The summed E-state index contributed by atoms with van der Waals surface area (Å²) in [5.74, 6) is -4.17. The smallest absolute Gasteiger partial charge is 0.308 e. The van der Waals surface area contributed by atoms with Crippen LogP contribution in [0.25, 0.3) is 0 Å². The van der Waals surface area contributed by atoms with Gasteiger partial charge in [0, 0.05) is 33.3 Å². The van der Waals surface area contributed by atoms with Crippen molar-refractivity contribution in [2.24, 2.45) is 11.8 Å². The Morgan fingerprint density at radius 1 is 0.731 bits per heavy atom. The van der Waals surface area contributed by atoms with Crippen LogP contribution in [0.5, 0.6) is 0 Å². The maximum Gasteiger partial charge on any atom is 0.308 e. The lowest BCUT2D eigenvalue weighted by Crippen LogP contribution is -2.60. The van der Waals surface area contributed by atoms with Crippen molar-refractivity contribution in [1.29, 1.82) is 0 Å². The summed E-state index contributed by atoms with van der Waals surface area (Å²) >= 11 is 0. The van der Waals surface area contributed by atoms with Crippen LogP contribution in [0.3, 0.4) is 0 Å². The molecular weight excluding hydrogens is 672 g/mol. The van der Waals surface area contributed by atoms with Crippen LogP contribution in [-0.4, -0.2) is 80.7 Å². The first kappa shape index (κ1) is 38.6. The van der Waals surface area contributed by atoms with Gasteiger partial charge in [-0.2, -0.15) is 0 Å². The molecule has 2 fully saturated rings. The van der Waals surface area contributed by atoms with Gasteiger partial charge in [-0.1, -0.05) is 91.0 Å². The van der Waals surface area contributed by atoms with E-state index in [1.807, 2.05) is 91.0 Å². The highest BCUT2D eigenvalue weighted by atomic mass is 16.8. The average molecular weight is 719 g/mol. The SMILES string of the molecule is CCO[C@H]1O[C@H](COC(c2ccccc2)(c2ccccc2)c2ccccc2)OC(=O)CC1[C@@H]1O[C@@H](C)[C@H](OC(C)=O)[C@@H](OC(C)=O)[C@H]1COC(C)=O. The Labute approximate surface area is 303 Å². The van der Waals surface area contributed by atoms with E-state index in [1.54, 1.807) is 13.8 Å². The van der Waals surface area contributed by atoms with E-state index in [1.165, 1.54) is 20.8 Å². The van der Waals surface area contributed by atoms with Crippen LogP contribution in [0.2, 0.25) is 0 Å². The summed E-state index contributed by atoms with van der Waals surface area (Å²) in [7, 11) is 0. The molecular formula is C40H46O12. The molecule has 1 unspecified atom stereocenters. The largest absolute Gasteiger partial charge is 0.465 e. The van der Waals surface area contributed by atoms with Gasteiger partial charge < -0.3 is 37.9 Å². The Kier molecular flexibility index (Phi) is 13.2. The molecule has 52 heavy (non-hydrogen) atoms. The fourth-order valence-corrected chi connectivity index (χ4v) is 7.04. The number of hydrogen-bond acceptors (Lipinski definition) is 12. The van der Waals surface area contributed by atoms with Crippen molar-refractivity contribution >= 4 is 23.9 Å². The predicted octanol–water partition coefficient (Wildman–Crippen LogP) is 5.09. The minimum absolute atomic E-state index is 0.190. The van der Waals surface area contributed by atoms with Crippen LogP contribution in [0.1, 0.15) is 57.7 Å². The normalized spacial score (nSPS) is 26.4. The fourth-order valence-electron chi connectivity index (χ4n) is 7.04. The molecule has 12 heteroatoms. The summed E-state index contributed by atoms with van der Waals surface area (Å²) in [6.45, 7) is 6.88. The quantitative estimate of drug-likeness (QED) is 0.132. The van der Waals surface area contributed by atoms with Gasteiger partial charge in [-0.05, 0) is 30.5 Å². The van der Waals surface area contributed by atoms with E-state index in [0.29, 0.717) is 0 Å². The maximum absolute atomic E-state index is 13.6. The van der Waals surface area contributed by atoms with Crippen molar-refractivity contribution in [3.63, 3.8) is 0 Å². The third-order valence-corrected chi connectivity index (χ3v) is 9.12. The molecule has 0 saturated carbocycles. The first-order valence-electron chi connectivity index (χ1n) is 17.4. The lowest BCUT2D eigenvalue weighted by molar-refractivity contribution is -0.285. The number of benzene rings is 3. The standard InChI is InChI=1S/C40H46O12/c1-6-45-39-32(37-33(23-46-26(3)41)38(50-28(5)43)36(25(2)48-37)49-27(4)42)22-34(44)51-35(52-39)24-47-40(29-16-10-7-11-17-29,30-18-12-8-13-19-30)31-20-14-9-15-21-31/h7-21,25,32-33,35-39H,6,22-24H2,1-5H3/t25-,32?,33-,35+,36-,37-,38-,39-/m0/s1. The van der Waals surface area contributed by atoms with E-state index in [4.69, 9.17) is 37.9 Å². The molecule has 2 heterocycles. The summed E-state index contributed by atoms with van der Waals surface area (Å²) in [5, 5.41) is 0.